The van der Waals surface area contributed by atoms with Gasteiger partial charge in [0.05, 0.1) is 12.6 Å². The number of carbonyl (C=O) groups excluding carboxylic acids is 1. The molecule has 0 bridgehead atoms. The van der Waals surface area contributed by atoms with Crippen LogP contribution in [0, 0.1) is 11.8 Å². The second-order valence-corrected chi connectivity index (χ2v) is 7.40. The summed E-state index contributed by atoms with van der Waals surface area (Å²) >= 11 is 0. The van der Waals surface area contributed by atoms with Crippen molar-refractivity contribution in [2.45, 2.75) is 65.5 Å². The molecule has 1 amide bonds. The number of hydrogen-bond acceptors (Lipinski definition) is 3. The zero-order valence-electron chi connectivity index (χ0n) is 15.0. The van der Waals surface area contributed by atoms with Gasteiger partial charge in [0.1, 0.15) is 5.60 Å². The molecule has 0 heterocycles. The molecule has 136 valence electrons. The second kappa shape index (κ2) is 10.2. The highest BCUT2D eigenvalue weighted by Crippen LogP contribution is 2.24. The van der Waals surface area contributed by atoms with Gasteiger partial charge in [0.15, 0.2) is 5.96 Å². The van der Waals surface area contributed by atoms with E-state index in [1.807, 2.05) is 34.6 Å². The average molecular weight is 440 g/mol. The fourth-order valence-electron chi connectivity index (χ4n) is 2.08. The van der Waals surface area contributed by atoms with Crippen molar-refractivity contribution in [1.29, 1.82) is 0 Å². The Morgan fingerprint density at radius 1 is 1.35 bits per heavy atom. The molecule has 1 atom stereocenters. The van der Waals surface area contributed by atoms with Crippen LogP contribution in [0.15, 0.2) is 4.99 Å². The van der Waals surface area contributed by atoms with Crippen molar-refractivity contribution in [1.82, 2.24) is 10.6 Å². The molecular weight excluding hydrogens is 407 g/mol. The zero-order valence-corrected chi connectivity index (χ0v) is 17.3. The first kappa shape index (κ1) is 22.3. The van der Waals surface area contributed by atoms with Gasteiger partial charge >= 0.3 is 6.09 Å². The molecule has 0 aliphatic heterocycles. The van der Waals surface area contributed by atoms with Crippen molar-refractivity contribution in [2.75, 3.05) is 13.1 Å². The van der Waals surface area contributed by atoms with Crippen LogP contribution in [0.1, 0.15) is 53.9 Å². The highest BCUT2D eigenvalue weighted by Gasteiger charge is 2.21. The molecule has 0 radical (unpaired) electrons. The summed E-state index contributed by atoms with van der Waals surface area (Å²) < 4.78 is 5.28. The summed E-state index contributed by atoms with van der Waals surface area (Å²) in [6.07, 6.45) is 3.45. The van der Waals surface area contributed by atoms with Gasteiger partial charge in [-0.2, -0.15) is 0 Å². The number of carbonyl (C=O) groups is 1. The normalized spacial score (nSPS) is 17.0. The van der Waals surface area contributed by atoms with Gasteiger partial charge in [0.2, 0.25) is 0 Å². The van der Waals surface area contributed by atoms with Crippen LogP contribution < -0.4 is 16.4 Å². The third kappa shape index (κ3) is 9.88. The molecule has 1 aliphatic rings. The van der Waals surface area contributed by atoms with E-state index in [1.165, 1.54) is 19.3 Å². The summed E-state index contributed by atoms with van der Waals surface area (Å²) in [6.45, 7) is 10.9. The van der Waals surface area contributed by atoms with E-state index in [4.69, 9.17) is 10.5 Å². The molecule has 1 unspecified atom stereocenters. The van der Waals surface area contributed by atoms with Crippen molar-refractivity contribution < 1.29 is 9.53 Å². The van der Waals surface area contributed by atoms with E-state index in [1.54, 1.807) is 0 Å². The number of aliphatic imine (C=N–C) groups is 1. The molecule has 0 aromatic carbocycles. The van der Waals surface area contributed by atoms with E-state index >= 15 is 0 Å². The van der Waals surface area contributed by atoms with Crippen molar-refractivity contribution in [3.63, 3.8) is 0 Å². The van der Waals surface area contributed by atoms with Gasteiger partial charge in [0, 0.05) is 6.54 Å². The maximum atomic E-state index is 11.9. The number of nitrogens with two attached hydrogens (primary N) is 1. The van der Waals surface area contributed by atoms with E-state index in [9.17, 15) is 4.79 Å². The van der Waals surface area contributed by atoms with Gasteiger partial charge < -0.3 is 21.1 Å². The number of amides is 1. The molecule has 6 nitrogen and oxygen atoms in total. The van der Waals surface area contributed by atoms with Gasteiger partial charge in [-0.3, -0.25) is 4.99 Å². The summed E-state index contributed by atoms with van der Waals surface area (Å²) in [4.78, 5) is 16.2. The number of halogens is 1. The van der Waals surface area contributed by atoms with Crippen molar-refractivity contribution in [3.05, 3.63) is 0 Å². The molecule has 1 saturated carbocycles. The van der Waals surface area contributed by atoms with Crippen LogP contribution in [0.4, 0.5) is 4.79 Å². The van der Waals surface area contributed by atoms with Crippen molar-refractivity contribution in [3.8, 4) is 0 Å². The predicted octanol–water partition coefficient (Wildman–Crippen LogP) is 2.86. The average Bonchev–Trinajstić information content (AvgIpc) is 2.29. The number of guanidine groups is 1. The minimum atomic E-state index is -0.502. The third-order valence-corrected chi connectivity index (χ3v) is 3.76. The molecule has 0 saturated heterocycles. The SMILES string of the molecule is CC(C)C(CN=C(N)NCC1CCC1)NC(=O)OC(C)(C)C.I. The smallest absolute Gasteiger partial charge is 0.407 e. The summed E-state index contributed by atoms with van der Waals surface area (Å²) in [5, 5.41) is 6.02. The van der Waals surface area contributed by atoms with E-state index < -0.39 is 11.7 Å². The molecule has 7 heteroatoms. The van der Waals surface area contributed by atoms with Crippen LogP contribution in [-0.2, 0) is 4.74 Å². The van der Waals surface area contributed by atoms with Crippen molar-refractivity contribution in [2.24, 2.45) is 22.6 Å². The summed E-state index contributed by atoms with van der Waals surface area (Å²) in [6, 6.07) is -0.0982. The van der Waals surface area contributed by atoms with Crippen LogP contribution in [0.25, 0.3) is 0 Å². The number of rotatable bonds is 6. The van der Waals surface area contributed by atoms with E-state index in [-0.39, 0.29) is 35.9 Å². The number of alkyl carbamates (subject to hydrolysis) is 1. The standard InChI is InChI=1S/C16H32N4O2.HI/c1-11(2)13(20-15(21)22-16(3,4)5)10-19-14(17)18-9-12-7-6-8-12;/h11-13H,6-10H2,1-5H3,(H,20,21)(H3,17,18,19);1H. The number of nitrogens with zero attached hydrogens (tertiary/aromatic N) is 1. The van der Waals surface area contributed by atoms with Gasteiger partial charge in [-0.25, -0.2) is 4.79 Å². The maximum Gasteiger partial charge on any atom is 0.407 e. The lowest BCUT2D eigenvalue weighted by Crippen LogP contribution is -2.44. The summed E-state index contributed by atoms with van der Waals surface area (Å²) in [7, 11) is 0. The molecule has 1 rings (SSSR count). The lowest BCUT2D eigenvalue weighted by molar-refractivity contribution is 0.0493. The fraction of sp³-hybridized carbons (Fsp3) is 0.875. The van der Waals surface area contributed by atoms with Gasteiger partial charge in [0.25, 0.3) is 0 Å². The fourth-order valence-corrected chi connectivity index (χ4v) is 2.08. The molecular formula is C16H33IN4O2. The molecule has 23 heavy (non-hydrogen) atoms. The highest BCUT2D eigenvalue weighted by atomic mass is 127. The Morgan fingerprint density at radius 3 is 2.39 bits per heavy atom. The molecule has 0 aromatic heterocycles. The Morgan fingerprint density at radius 2 is 1.96 bits per heavy atom. The minimum Gasteiger partial charge on any atom is -0.444 e. The first-order valence-corrected chi connectivity index (χ1v) is 8.20. The quantitative estimate of drug-likeness (QED) is 0.337. The molecule has 4 N–H and O–H groups in total. The number of ether oxygens (including phenoxy) is 1. The Kier molecular flexibility index (Phi) is 9.88. The van der Waals surface area contributed by atoms with Crippen LogP contribution in [0.2, 0.25) is 0 Å². The highest BCUT2D eigenvalue weighted by molar-refractivity contribution is 14.0. The summed E-state index contributed by atoms with van der Waals surface area (Å²) in [5.41, 5.74) is 5.37. The number of nitrogens with one attached hydrogen (secondary N) is 2. The second-order valence-electron chi connectivity index (χ2n) is 7.40. The monoisotopic (exact) mass is 440 g/mol. The third-order valence-electron chi connectivity index (χ3n) is 3.76. The van der Waals surface area contributed by atoms with Gasteiger partial charge in [-0.1, -0.05) is 20.3 Å². The Bertz CT molecular complexity index is 390. The van der Waals surface area contributed by atoms with Crippen LogP contribution in [0.5, 0.6) is 0 Å². The van der Waals surface area contributed by atoms with Crippen LogP contribution in [-0.4, -0.2) is 36.8 Å². The van der Waals surface area contributed by atoms with Gasteiger partial charge in [-0.05, 0) is 45.4 Å². The largest absolute Gasteiger partial charge is 0.444 e. The zero-order chi connectivity index (χ0) is 16.8. The summed E-state index contributed by atoms with van der Waals surface area (Å²) in [5.74, 6) is 1.42. The predicted molar refractivity (Wildman–Crippen MR) is 105 cm³/mol. The van der Waals surface area contributed by atoms with E-state index in [2.05, 4.69) is 15.6 Å². The first-order chi connectivity index (χ1) is 10.2. The van der Waals surface area contributed by atoms with Crippen LogP contribution in [0.3, 0.4) is 0 Å². The van der Waals surface area contributed by atoms with Crippen LogP contribution >= 0.6 is 24.0 Å². The molecule has 0 aromatic rings. The minimum absolute atomic E-state index is 0. The van der Waals surface area contributed by atoms with E-state index in [0.717, 1.165) is 12.5 Å². The van der Waals surface area contributed by atoms with Crippen molar-refractivity contribution >= 4 is 36.0 Å². The van der Waals surface area contributed by atoms with E-state index in [0.29, 0.717) is 12.5 Å². The van der Waals surface area contributed by atoms with Gasteiger partial charge in [-0.15, -0.1) is 24.0 Å². The first-order valence-electron chi connectivity index (χ1n) is 8.20. The molecule has 1 aliphatic carbocycles. The topological polar surface area (TPSA) is 88.7 Å². The lowest BCUT2D eigenvalue weighted by Gasteiger charge is -2.26. The molecule has 1 fully saturated rings. The maximum absolute atomic E-state index is 11.9. The number of hydrogen-bond donors (Lipinski definition) is 3. The Hall–Kier alpha value is -0.730. The lowest BCUT2D eigenvalue weighted by atomic mass is 9.85. The Balaban J connectivity index is 0.00000484. The Labute approximate surface area is 157 Å². The molecule has 0 spiro atoms.